The Bertz CT molecular complexity index is 764. The number of rotatable bonds is 5. The minimum absolute atomic E-state index is 0.0237. The summed E-state index contributed by atoms with van der Waals surface area (Å²) in [6.07, 6.45) is 2.00. The van der Waals surface area contributed by atoms with Gasteiger partial charge < -0.3 is 29.2 Å². The number of carbonyl (C=O) groups excluding carboxylic acids is 2. The summed E-state index contributed by atoms with van der Waals surface area (Å²) in [7, 11) is 0. The molecule has 2 aliphatic carbocycles. The molecule has 2 heterocycles. The second kappa shape index (κ2) is 9.04. The number of carbonyl (C=O) groups is 2. The van der Waals surface area contributed by atoms with Gasteiger partial charge >= 0.3 is 11.9 Å². The summed E-state index contributed by atoms with van der Waals surface area (Å²) in [5.41, 5.74) is -2.59. The van der Waals surface area contributed by atoms with Gasteiger partial charge in [-0.1, -0.05) is 36.2 Å². The van der Waals surface area contributed by atoms with Crippen molar-refractivity contribution in [1.82, 2.24) is 0 Å². The highest BCUT2D eigenvalue weighted by atomic mass is 79.9. The van der Waals surface area contributed by atoms with E-state index in [0.717, 1.165) is 19.3 Å². The molecule has 4 aliphatic rings. The lowest BCUT2D eigenvalue weighted by atomic mass is 9.41. The molecule has 0 aromatic carbocycles. The number of halogens is 1. The molecule has 0 unspecified atom stereocenters. The fourth-order valence-electron chi connectivity index (χ4n) is 7.50. The van der Waals surface area contributed by atoms with Crippen molar-refractivity contribution in [2.24, 2.45) is 28.6 Å². The molecule has 33 heavy (non-hydrogen) atoms. The van der Waals surface area contributed by atoms with Gasteiger partial charge in [0.1, 0.15) is 12.7 Å². The third kappa shape index (κ3) is 3.96. The zero-order chi connectivity index (χ0) is 24.2. The highest BCUT2D eigenvalue weighted by Gasteiger charge is 2.71. The molecule has 4 rings (SSSR count). The first-order valence-corrected chi connectivity index (χ1v) is 13.2. The fraction of sp³-hybridized carbons (Fsp3) is 0.917. The summed E-state index contributed by atoms with van der Waals surface area (Å²) >= 11 is 3.54. The molecule has 0 radical (unpaired) electrons. The quantitative estimate of drug-likeness (QED) is 0.410. The molecule has 10 atom stereocenters. The molecule has 8 nitrogen and oxygen atoms in total. The van der Waals surface area contributed by atoms with Crippen LogP contribution in [0.1, 0.15) is 66.2 Å². The van der Waals surface area contributed by atoms with Crippen LogP contribution in [-0.4, -0.2) is 64.5 Å². The lowest BCUT2D eigenvalue weighted by Gasteiger charge is -2.66. The number of hydrogen-bond donors (Lipinski definition) is 2. The van der Waals surface area contributed by atoms with Gasteiger partial charge in [-0.2, -0.15) is 0 Å². The average Bonchev–Trinajstić information content (AvgIpc) is 3.28. The number of aliphatic hydroxyl groups is 2. The summed E-state index contributed by atoms with van der Waals surface area (Å²) in [4.78, 5) is 24.1. The van der Waals surface area contributed by atoms with Crippen LogP contribution >= 0.6 is 15.9 Å². The Balaban J connectivity index is 1.79. The van der Waals surface area contributed by atoms with Crippen molar-refractivity contribution in [3.8, 4) is 0 Å². The van der Waals surface area contributed by atoms with Crippen molar-refractivity contribution in [1.29, 1.82) is 0 Å². The second-order valence-electron chi connectivity index (χ2n) is 10.8. The first kappa shape index (κ1) is 25.4. The summed E-state index contributed by atoms with van der Waals surface area (Å²) in [6.45, 7) is 7.08. The Labute approximate surface area is 203 Å². The molecule has 9 heteroatoms. The van der Waals surface area contributed by atoms with Gasteiger partial charge in [0.2, 0.25) is 0 Å². The highest BCUT2D eigenvalue weighted by molar-refractivity contribution is 9.09. The number of aliphatic hydroxyl groups excluding tert-OH is 1. The molecule has 4 fully saturated rings. The Morgan fingerprint density at radius 3 is 2.48 bits per heavy atom. The maximum Gasteiger partial charge on any atom is 0.302 e. The highest BCUT2D eigenvalue weighted by Crippen LogP contribution is 2.67. The Morgan fingerprint density at radius 2 is 1.88 bits per heavy atom. The molecule has 2 N–H and O–H groups in total. The molecular weight excluding hydrogens is 496 g/mol. The van der Waals surface area contributed by atoms with Crippen LogP contribution in [0, 0.1) is 28.6 Å². The summed E-state index contributed by atoms with van der Waals surface area (Å²) in [6, 6.07) is 0. The Kier molecular flexibility index (Phi) is 6.95. The first-order chi connectivity index (χ1) is 15.5. The number of hydrogen-bond acceptors (Lipinski definition) is 8. The molecule has 2 aliphatic heterocycles. The van der Waals surface area contributed by atoms with Gasteiger partial charge in [-0.05, 0) is 37.5 Å². The number of fused-ring (bicyclic) bond motifs is 2. The molecule has 2 saturated carbocycles. The van der Waals surface area contributed by atoms with E-state index in [1.54, 1.807) is 0 Å². The fourth-order valence-corrected chi connectivity index (χ4v) is 8.30. The van der Waals surface area contributed by atoms with E-state index < -0.39 is 41.6 Å². The number of alkyl halides is 1. The smallest absolute Gasteiger partial charge is 0.302 e. The van der Waals surface area contributed by atoms with Crippen molar-refractivity contribution < 1.29 is 38.7 Å². The van der Waals surface area contributed by atoms with Gasteiger partial charge in [0.25, 0.3) is 0 Å². The molecule has 2 saturated heterocycles. The van der Waals surface area contributed by atoms with E-state index in [1.165, 1.54) is 13.8 Å². The van der Waals surface area contributed by atoms with Crippen molar-refractivity contribution in [2.75, 3.05) is 11.9 Å². The molecule has 0 bridgehead atoms. The third-order valence-electron chi connectivity index (χ3n) is 9.26. The second-order valence-corrected chi connectivity index (χ2v) is 11.4. The van der Waals surface area contributed by atoms with Crippen LogP contribution in [0.2, 0.25) is 0 Å². The SMILES string of the molecule is CC(=O)OC[C@@]12[C@@H](OC(C)=O)C[C@@H](C)[C@](C)([C@@H]3C[C@H]4C[C@H](O)O[C@H]4O3)[C@H]1CCC[C@]2(O)CBr. The van der Waals surface area contributed by atoms with Crippen LogP contribution < -0.4 is 0 Å². The lowest BCUT2D eigenvalue weighted by Crippen LogP contribution is -2.72. The van der Waals surface area contributed by atoms with Crippen LogP contribution in [0.25, 0.3) is 0 Å². The Hall–Kier alpha value is -0.740. The molecular formula is C24H37BrO8. The summed E-state index contributed by atoms with van der Waals surface area (Å²) in [5.74, 6) is -0.720. The maximum atomic E-state index is 12.2. The van der Waals surface area contributed by atoms with E-state index in [4.69, 9.17) is 18.9 Å². The van der Waals surface area contributed by atoms with E-state index in [-0.39, 0.29) is 41.2 Å². The molecule has 188 valence electrons. The number of ether oxygens (including phenoxy) is 4. The van der Waals surface area contributed by atoms with Gasteiger partial charge in [-0.3, -0.25) is 9.59 Å². The molecule has 0 spiro atoms. The van der Waals surface area contributed by atoms with Crippen molar-refractivity contribution in [3.05, 3.63) is 0 Å². The van der Waals surface area contributed by atoms with Crippen LogP contribution in [0.3, 0.4) is 0 Å². The van der Waals surface area contributed by atoms with E-state index in [1.807, 2.05) is 0 Å². The molecule has 0 aromatic rings. The van der Waals surface area contributed by atoms with Crippen molar-refractivity contribution in [3.63, 3.8) is 0 Å². The minimum Gasteiger partial charge on any atom is -0.465 e. The van der Waals surface area contributed by atoms with Crippen LogP contribution in [0.4, 0.5) is 0 Å². The van der Waals surface area contributed by atoms with Crippen LogP contribution in [0.15, 0.2) is 0 Å². The standard InChI is InChI=1S/C24H37BrO8/c1-13-8-19(31-15(3)27)24(12-30-14(2)26)17(6-5-7-23(24,29)11-25)22(13,4)18-9-16-10-20(28)33-21(16)32-18/h13,16-21,28-29H,5-12H2,1-4H3/t13-,16+,17-,18+,19+,20-,21-,22+,23+,24+/m1/s1. The third-order valence-corrected chi connectivity index (χ3v) is 10.2. The van der Waals surface area contributed by atoms with E-state index >= 15 is 0 Å². The predicted molar refractivity (Wildman–Crippen MR) is 121 cm³/mol. The summed E-state index contributed by atoms with van der Waals surface area (Å²) < 4.78 is 23.5. The Morgan fingerprint density at radius 1 is 1.15 bits per heavy atom. The topological polar surface area (TPSA) is 112 Å². The minimum atomic E-state index is -1.23. The van der Waals surface area contributed by atoms with Crippen LogP contribution in [0.5, 0.6) is 0 Å². The van der Waals surface area contributed by atoms with Crippen molar-refractivity contribution >= 4 is 27.9 Å². The van der Waals surface area contributed by atoms with Gasteiger partial charge in [-0.15, -0.1) is 0 Å². The zero-order valence-electron chi connectivity index (χ0n) is 19.9. The van der Waals surface area contributed by atoms with Crippen LogP contribution in [-0.2, 0) is 28.5 Å². The first-order valence-electron chi connectivity index (χ1n) is 12.1. The number of esters is 2. The predicted octanol–water partition coefficient (Wildman–Crippen LogP) is 2.91. The van der Waals surface area contributed by atoms with E-state index in [0.29, 0.717) is 19.3 Å². The normalized spacial score (nSPS) is 49.2. The molecule has 0 amide bonds. The largest absolute Gasteiger partial charge is 0.465 e. The average molecular weight is 533 g/mol. The summed E-state index contributed by atoms with van der Waals surface area (Å²) in [5, 5.41) is 22.2. The van der Waals surface area contributed by atoms with Gasteiger partial charge in [0.15, 0.2) is 12.6 Å². The van der Waals surface area contributed by atoms with Gasteiger partial charge in [-0.25, -0.2) is 0 Å². The lowest BCUT2D eigenvalue weighted by molar-refractivity contribution is -0.289. The van der Waals surface area contributed by atoms with Crippen molar-refractivity contribution in [2.45, 2.75) is 96.6 Å². The van der Waals surface area contributed by atoms with Gasteiger partial charge in [0.05, 0.1) is 17.1 Å². The monoisotopic (exact) mass is 532 g/mol. The molecule has 0 aromatic heterocycles. The van der Waals surface area contributed by atoms with E-state index in [2.05, 4.69) is 29.8 Å². The maximum absolute atomic E-state index is 12.2. The van der Waals surface area contributed by atoms with E-state index in [9.17, 15) is 19.8 Å². The van der Waals surface area contributed by atoms with Gasteiger partial charge in [0, 0.05) is 36.9 Å². The zero-order valence-corrected chi connectivity index (χ0v) is 21.5.